The van der Waals surface area contributed by atoms with E-state index in [0.717, 1.165) is 16.8 Å². The van der Waals surface area contributed by atoms with Crippen molar-refractivity contribution in [3.8, 4) is 22.6 Å². The summed E-state index contributed by atoms with van der Waals surface area (Å²) >= 11 is 0. The van der Waals surface area contributed by atoms with Gasteiger partial charge in [-0.1, -0.05) is 0 Å². The zero-order chi connectivity index (χ0) is 18.6. The van der Waals surface area contributed by atoms with Crippen LogP contribution in [0.2, 0.25) is 0 Å². The lowest BCUT2D eigenvalue weighted by Crippen LogP contribution is -2.28. The molecule has 0 bridgehead atoms. The summed E-state index contributed by atoms with van der Waals surface area (Å²) in [6, 6.07) is 5.29. The van der Waals surface area contributed by atoms with Gasteiger partial charge in [0.2, 0.25) is 0 Å². The highest BCUT2D eigenvalue weighted by molar-refractivity contribution is 5.88. The van der Waals surface area contributed by atoms with E-state index in [4.69, 9.17) is 0 Å². The molecule has 9 heteroatoms. The predicted octanol–water partition coefficient (Wildman–Crippen LogP) is 2.39. The summed E-state index contributed by atoms with van der Waals surface area (Å²) in [5.41, 5.74) is 3.10. The van der Waals surface area contributed by atoms with E-state index in [0.29, 0.717) is 23.8 Å². The van der Waals surface area contributed by atoms with Crippen LogP contribution in [0.15, 0.2) is 55.5 Å². The van der Waals surface area contributed by atoms with Crippen LogP contribution in [0.5, 0.6) is 0 Å². The third-order valence-electron chi connectivity index (χ3n) is 3.84. The summed E-state index contributed by atoms with van der Waals surface area (Å²) in [5, 5.41) is 5.40. The first-order valence-corrected chi connectivity index (χ1v) is 8.35. The van der Waals surface area contributed by atoms with Gasteiger partial charge in [-0.3, -0.25) is 9.72 Å². The number of aromatic nitrogens is 6. The standard InChI is InChI=1S/C18H16N8O/c1-2-21-18(27)25-15-10-26-14(17-22-4-3-5-23-17)6-12(7-16(26)24-15)13-8-19-11-20-9-13/h3-11H,2H2,1H3,(H2,21,25,27). The summed E-state index contributed by atoms with van der Waals surface area (Å²) in [5.74, 6) is 0.975. The third kappa shape index (κ3) is 3.43. The van der Waals surface area contributed by atoms with Gasteiger partial charge in [0.25, 0.3) is 0 Å². The quantitative estimate of drug-likeness (QED) is 0.578. The molecule has 2 amide bonds. The van der Waals surface area contributed by atoms with Crippen molar-refractivity contribution in [2.45, 2.75) is 6.92 Å². The van der Waals surface area contributed by atoms with Crippen molar-refractivity contribution in [2.24, 2.45) is 0 Å². The molecule has 0 saturated heterocycles. The first-order chi connectivity index (χ1) is 13.2. The van der Waals surface area contributed by atoms with E-state index in [1.807, 2.05) is 23.5 Å². The molecule has 0 atom stereocenters. The maximum atomic E-state index is 11.8. The third-order valence-corrected chi connectivity index (χ3v) is 3.84. The van der Waals surface area contributed by atoms with Crippen molar-refractivity contribution in [3.05, 3.63) is 55.5 Å². The van der Waals surface area contributed by atoms with Crippen LogP contribution in [0.25, 0.3) is 28.3 Å². The normalized spacial score (nSPS) is 10.7. The zero-order valence-electron chi connectivity index (χ0n) is 14.5. The van der Waals surface area contributed by atoms with Crippen LogP contribution >= 0.6 is 0 Å². The van der Waals surface area contributed by atoms with Crippen molar-refractivity contribution in [1.82, 2.24) is 34.6 Å². The fourth-order valence-electron chi connectivity index (χ4n) is 2.69. The molecule has 0 aliphatic heterocycles. The van der Waals surface area contributed by atoms with Crippen LogP contribution in [0.3, 0.4) is 0 Å². The summed E-state index contributed by atoms with van der Waals surface area (Å²) in [6.45, 7) is 2.38. The molecule has 4 heterocycles. The Balaban J connectivity index is 1.86. The molecular weight excluding hydrogens is 344 g/mol. The number of fused-ring (bicyclic) bond motifs is 1. The molecule has 0 aromatic carbocycles. The maximum Gasteiger partial charge on any atom is 0.320 e. The molecule has 9 nitrogen and oxygen atoms in total. The van der Waals surface area contributed by atoms with Gasteiger partial charge in [0, 0.05) is 36.9 Å². The smallest absolute Gasteiger partial charge is 0.320 e. The summed E-state index contributed by atoms with van der Waals surface area (Å²) in [6.07, 6.45) is 10.0. The second-order valence-corrected chi connectivity index (χ2v) is 5.67. The van der Waals surface area contributed by atoms with Crippen LogP contribution in [0.4, 0.5) is 10.6 Å². The van der Waals surface area contributed by atoms with Crippen LogP contribution in [0.1, 0.15) is 6.92 Å². The van der Waals surface area contributed by atoms with Gasteiger partial charge in [-0.05, 0) is 30.7 Å². The van der Waals surface area contributed by atoms with Gasteiger partial charge in [-0.2, -0.15) is 0 Å². The van der Waals surface area contributed by atoms with Crippen molar-refractivity contribution < 1.29 is 4.79 Å². The molecule has 2 N–H and O–H groups in total. The molecule has 0 spiro atoms. The number of urea groups is 1. The largest absolute Gasteiger partial charge is 0.338 e. The molecule has 4 aromatic heterocycles. The zero-order valence-corrected chi connectivity index (χ0v) is 14.5. The van der Waals surface area contributed by atoms with Crippen LogP contribution in [0, 0.1) is 0 Å². The number of anilines is 1. The number of rotatable bonds is 4. The Bertz CT molecular complexity index is 1080. The second kappa shape index (κ2) is 7.16. The number of imidazole rings is 1. The topological polar surface area (TPSA) is 110 Å². The molecular formula is C18H16N8O. The molecule has 0 fully saturated rings. The summed E-state index contributed by atoms with van der Waals surface area (Å²) in [4.78, 5) is 33.2. The van der Waals surface area contributed by atoms with Crippen LogP contribution in [-0.2, 0) is 0 Å². The van der Waals surface area contributed by atoms with Crippen molar-refractivity contribution >= 4 is 17.5 Å². The average molecular weight is 360 g/mol. The summed E-state index contributed by atoms with van der Waals surface area (Å²) < 4.78 is 1.84. The van der Waals surface area contributed by atoms with Gasteiger partial charge in [-0.15, -0.1) is 0 Å². The van der Waals surface area contributed by atoms with Crippen LogP contribution < -0.4 is 10.6 Å². The highest BCUT2D eigenvalue weighted by atomic mass is 16.2. The molecule has 27 heavy (non-hydrogen) atoms. The van der Waals surface area contributed by atoms with E-state index < -0.39 is 0 Å². The molecule has 0 saturated carbocycles. The number of pyridine rings is 1. The molecule has 134 valence electrons. The number of amides is 2. The molecule has 0 aliphatic rings. The monoisotopic (exact) mass is 360 g/mol. The Kier molecular flexibility index (Phi) is 4.40. The van der Waals surface area contributed by atoms with E-state index in [1.165, 1.54) is 6.33 Å². The first-order valence-electron chi connectivity index (χ1n) is 8.35. The predicted molar refractivity (Wildman–Crippen MR) is 99.9 cm³/mol. The van der Waals surface area contributed by atoms with Crippen molar-refractivity contribution in [1.29, 1.82) is 0 Å². The van der Waals surface area contributed by atoms with Gasteiger partial charge < -0.3 is 5.32 Å². The van der Waals surface area contributed by atoms with E-state index in [-0.39, 0.29) is 6.03 Å². The SMILES string of the molecule is CCNC(=O)Nc1cn2c(-c3ncccn3)cc(-c3cncnc3)cc2n1. The fraction of sp³-hybridized carbons (Fsp3) is 0.111. The fourth-order valence-corrected chi connectivity index (χ4v) is 2.69. The van der Waals surface area contributed by atoms with Gasteiger partial charge in [0.05, 0.1) is 11.9 Å². The van der Waals surface area contributed by atoms with Gasteiger partial charge in [0.1, 0.15) is 12.0 Å². The average Bonchev–Trinajstić information content (AvgIpc) is 3.11. The number of hydrogen-bond donors (Lipinski definition) is 2. The van der Waals surface area contributed by atoms with Gasteiger partial charge in [0.15, 0.2) is 11.6 Å². The van der Waals surface area contributed by atoms with Gasteiger partial charge in [-0.25, -0.2) is 29.7 Å². The minimum Gasteiger partial charge on any atom is -0.338 e. The molecule has 0 aliphatic carbocycles. The molecule has 4 rings (SSSR count). The molecule has 4 aromatic rings. The maximum absolute atomic E-state index is 11.8. The molecule has 0 radical (unpaired) electrons. The van der Waals surface area contributed by atoms with E-state index in [2.05, 4.69) is 35.6 Å². The second-order valence-electron chi connectivity index (χ2n) is 5.67. The van der Waals surface area contributed by atoms with Crippen LogP contribution in [-0.4, -0.2) is 41.9 Å². The first kappa shape index (κ1) is 16.6. The minimum absolute atomic E-state index is 0.310. The Hall–Kier alpha value is -3.88. The number of carbonyl (C=O) groups excluding carboxylic acids is 1. The van der Waals surface area contributed by atoms with Crippen molar-refractivity contribution in [2.75, 3.05) is 11.9 Å². The highest BCUT2D eigenvalue weighted by Crippen LogP contribution is 2.27. The Morgan fingerprint density at radius 1 is 1.11 bits per heavy atom. The number of hydrogen-bond acceptors (Lipinski definition) is 6. The number of carbonyl (C=O) groups is 1. The van der Waals surface area contributed by atoms with E-state index >= 15 is 0 Å². The number of nitrogens with one attached hydrogen (secondary N) is 2. The Morgan fingerprint density at radius 3 is 2.63 bits per heavy atom. The van der Waals surface area contributed by atoms with E-state index in [1.54, 1.807) is 37.1 Å². The van der Waals surface area contributed by atoms with Gasteiger partial charge >= 0.3 is 6.03 Å². The Morgan fingerprint density at radius 2 is 1.89 bits per heavy atom. The lowest BCUT2D eigenvalue weighted by Gasteiger charge is -2.07. The van der Waals surface area contributed by atoms with E-state index in [9.17, 15) is 4.79 Å². The number of nitrogens with zero attached hydrogens (tertiary/aromatic N) is 6. The minimum atomic E-state index is -0.310. The lowest BCUT2D eigenvalue weighted by molar-refractivity contribution is 0.252. The summed E-state index contributed by atoms with van der Waals surface area (Å²) in [7, 11) is 0. The highest BCUT2D eigenvalue weighted by Gasteiger charge is 2.14. The molecule has 0 unspecified atom stereocenters. The van der Waals surface area contributed by atoms with Crippen molar-refractivity contribution in [3.63, 3.8) is 0 Å². The Labute approximate surface area is 154 Å². The lowest BCUT2D eigenvalue weighted by atomic mass is 10.1.